The zero-order valence-electron chi connectivity index (χ0n) is 20.5. The molecule has 0 aliphatic rings. The zero-order valence-corrected chi connectivity index (χ0v) is 20.5. The van der Waals surface area contributed by atoms with Crippen molar-refractivity contribution in [2.45, 2.75) is 136 Å². The number of hydrogen-bond donors (Lipinski definition) is 0. The summed E-state index contributed by atoms with van der Waals surface area (Å²) in [5.74, 6) is -0.0697. The third-order valence-corrected chi connectivity index (χ3v) is 5.35. The maximum absolute atomic E-state index is 12.0. The lowest BCUT2D eigenvalue weighted by Gasteiger charge is -2.18. The average molecular weight is 426 g/mol. The second kappa shape index (κ2) is 24.4. The van der Waals surface area contributed by atoms with Crippen LogP contribution in [0.15, 0.2) is 12.2 Å². The van der Waals surface area contributed by atoms with Gasteiger partial charge in [0, 0.05) is 6.42 Å². The maximum Gasteiger partial charge on any atom is 0.273 e. The van der Waals surface area contributed by atoms with Gasteiger partial charge in [-0.2, -0.15) is 0 Å². The Bertz CT molecular complexity index is 378. The largest absolute Gasteiger partial charge is 0.273 e. The Labute approximate surface area is 187 Å². The van der Waals surface area contributed by atoms with Gasteiger partial charge in [-0.05, 0) is 46.0 Å². The lowest BCUT2D eigenvalue weighted by Crippen LogP contribution is -2.31. The highest BCUT2D eigenvalue weighted by molar-refractivity contribution is 5.73. The molecule has 0 aromatic heterocycles. The van der Waals surface area contributed by atoms with Gasteiger partial charge in [-0.3, -0.25) is 4.79 Å². The van der Waals surface area contributed by atoms with Crippen molar-refractivity contribution in [3.8, 4) is 0 Å². The summed E-state index contributed by atoms with van der Waals surface area (Å²) in [5.41, 5.74) is 0. The topological polar surface area (TPSA) is 38.8 Å². The number of rotatable bonds is 23. The number of hydrogen-bond acceptors (Lipinski definition) is 3. The molecule has 0 heterocycles. The summed E-state index contributed by atoms with van der Waals surface area (Å²) in [6.07, 6.45) is 27.4. The van der Waals surface area contributed by atoms with E-state index in [9.17, 15) is 4.79 Å². The van der Waals surface area contributed by atoms with Crippen molar-refractivity contribution in [3.63, 3.8) is 0 Å². The Balaban J connectivity index is 3.31. The van der Waals surface area contributed by atoms with E-state index < -0.39 is 0 Å². The van der Waals surface area contributed by atoms with Gasteiger partial charge in [0.2, 0.25) is 0 Å². The molecule has 0 unspecified atom stereocenters. The van der Waals surface area contributed by atoms with Crippen molar-refractivity contribution in [3.05, 3.63) is 12.2 Å². The van der Waals surface area contributed by atoms with Gasteiger partial charge in [0.25, 0.3) is 5.91 Å². The van der Waals surface area contributed by atoms with E-state index in [1.807, 2.05) is 13.8 Å². The SMILES string of the molecule is CCCCCCCC/C=C\CCCCCCCCCCCC(=O)N(OCC)OCC. The van der Waals surface area contributed by atoms with Crippen molar-refractivity contribution in [1.82, 2.24) is 5.23 Å². The van der Waals surface area contributed by atoms with E-state index in [0.717, 1.165) is 18.1 Å². The van der Waals surface area contributed by atoms with Crippen molar-refractivity contribution < 1.29 is 14.5 Å². The van der Waals surface area contributed by atoms with Crippen molar-refractivity contribution in [1.29, 1.82) is 0 Å². The Morgan fingerprint density at radius 3 is 1.43 bits per heavy atom. The van der Waals surface area contributed by atoms with Gasteiger partial charge >= 0.3 is 0 Å². The number of allylic oxidation sites excluding steroid dienone is 2. The first-order valence-electron chi connectivity index (χ1n) is 13.0. The summed E-state index contributed by atoms with van der Waals surface area (Å²) in [4.78, 5) is 22.4. The molecule has 0 aromatic carbocycles. The van der Waals surface area contributed by atoms with Gasteiger partial charge < -0.3 is 0 Å². The monoisotopic (exact) mass is 425 g/mol. The smallest absolute Gasteiger partial charge is 0.270 e. The van der Waals surface area contributed by atoms with Crippen LogP contribution >= 0.6 is 0 Å². The molecule has 1 amide bonds. The lowest BCUT2D eigenvalue weighted by molar-refractivity contribution is -0.338. The zero-order chi connectivity index (χ0) is 22.1. The Kier molecular flexibility index (Phi) is 23.7. The van der Waals surface area contributed by atoms with Gasteiger partial charge in [0.1, 0.15) is 0 Å². The fraction of sp³-hybridized carbons (Fsp3) is 0.885. The molecule has 30 heavy (non-hydrogen) atoms. The highest BCUT2D eigenvalue weighted by Gasteiger charge is 2.13. The summed E-state index contributed by atoms with van der Waals surface area (Å²) in [5, 5.41) is 1.06. The predicted molar refractivity (Wildman–Crippen MR) is 128 cm³/mol. The Morgan fingerprint density at radius 2 is 1.00 bits per heavy atom. The molecule has 0 aromatic rings. The van der Waals surface area contributed by atoms with E-state index in [2.05, 4.69) is 19.1 Å². The molecular formula is C26H51NO3. The van der Waals surface area contributed by atoms with Gasteiger partial charge in [-0.1, -0.05) is 101 Å². The predicted octanol–water partition coefficient (Wildman–Crippen LogP) is 8.32. The highest BCUT2D eigenvalue weighted by Crippen LogP contribution is 2.13. The number of amides is 1. The summed E-state index contributed by atoms with van der Waals surface area (Å²) >= 11 is 0. The number of unbranched alkanes of at least 4 members (excludes halogenated alkanes) is 15. The summed E-state index contributed by atoms with van der Waals surface area (Å²) in [6, 6.07) is 0. The third-order valence-electron chi connectivity index (χ3n) is 5.35. The standard InChI is InChI=1S/C26H51NO3/c1-4-7-8-9-10-11-12-13-14-15-16-17-18-19-20-21-22-23-24-25-26(28)27(29-5-2)30-6-3/h13-14H,4-12,15-25H2,1-3H3/b14-13-. The molecule has 0 spiro atoms. The first kappa shape index (κ1) is 29.1. The van der Waals surface area contributed by atoms with Crippen molar-refractivity contribution in [2.24, 2.45) is 0 Å². The lowest BCUT2D eigenvalue weighted by atomic mass is 10.1. The van der Waals surface area contributed by atoms with E-state index in [0.29, 0.717) is 19.6 Å². The van der Waals surface area contributed by atoms with E-state index in [-0.39, 0.29) is 5.91 Å². The van der Waals surface area contributed by atoms with Crippen LogP contribution in [0.2, 0.25) is 0 Å². The molecule has 0 saturated carbocycles. The number of carbonyl (C=O) groups is 1. The molecule has 0 atom stereocenters. The van der Waals surface area contributed by atoms with E-state index in [1.165, 1.54) is 96.3 Å². The Morgan fingerprint density at radius 1 is 0.600 bits per heavy atom. The second-order valence-electron chi connectivity index (χ2n) is 8.23. The average Bonchev–Trinajstić information content (AvgIpc) is 2.75. The molecule has 0 N–H and O–H groups in total. The van der Waals surface area contributed by atoms with Crippen LogP contribution in [0, 0.1) is 0 Å². The molecule has 0 bridgehead atoms. The van der Waals surface area contributed by atoms with Crippen LogP contribution in [-0.2, 0) is 14.5 Å². The highest BCUT2D eigenvalue weighted by atomic mass is 17.0. The molecule has 0 radical (unpaired) electrons. The molecule has 0 rings (SSSR count). The molecular weight excluding hydrogens is 374 g/mol. The summed E-state index contributed by atoms with van der Waals surface area (Å²) in [6.45, 7) is 6.88. The first-order chi connectivity index (χ1) is 14.8. The molecule has 4 heteroatoms. The fourth-order valence-corrected chi connectivity index (χ4v) is 3.56. The van der Waals surface area contributed by atoms with Crippen LogP contribution in [-0.4, -0.2) is 24.3 Å². The van der Waals surface area contributed by atoms with Gasteiger partial charge in [0.15, 0.2) is 0 Å². The number of nitrogens with zero attached hydrogens (tertiary/aromatic N) is 1. The normalized spacial score (nSPS) is 11.4. The van der Waals surface area contributed by atoms with E-state index in [4.69, 9.17) is 9.68 Å². The minimum Gasteiger partial charge on any atom is -0.270 e. The van der Waals surface area contributed by atoms with Crippen LogP contribution in [0.3, 0.4) is 0 Å². The molecule has 0 fully saturated rings. The summed E-state index contributed by atoms with van der Waals surface area (Å²) in [7, 11) is 0. The second-order valence-corrected chi connectivity index (χ2v) is 8.23. The summed E-state index contributed by atoms with van der Waals surface area (Å²) < 4.78 is 0. The maximum atomic E-state index is 12.0. The quantitative estimate of drug-likeness (QED) is 0.0938. The molecule has 0 saturated heterocycles. The number of carbonyl (C=O) groups excluding carboxylic acids is 1. The Hall–Kier alpha value is -0.870. The minimum absolute atomic E-state index is 0.0697. The third kappa shape index (κ3) is 20.4. The molecule has 178 valence electrons. The molecule has 4 nitrogen and oxygen atoms in total. The molecule has 0 aliphatic heterocycles. The van der Waals surface area contributed by atoms with E-state index in [1.54, 1.807) is 0 Å². The van der Waals surface area contributed by atoms with Crippen molar-refractivity contribution >= 4 is 5.91 Å². The van der Waals surface area contributed by atoms with Gasteiger partial charge in [0.05, 0.1) is 13.2 Å². The number of hydroxylamine groups is 2. The van der Waals surface area contributed by atoms with Crippen LogP contribution < -0.4 is 0 Å². The van der Waals surface area contributed by atoms with Crippen molar-refractivity contribution in [2.75, 3.05) is 13.2 Å². The van der Waals surface area contributed by atoms with Crippen LogP contribution in [0.4, 0.5) is 0 Å². The van der Waals surface area contributed by atoms with Crippen LogP contribution in [0.25, 0.3) is 0 Å². The first-order valence-corrected chi connectivity index (χ1v) is 13.0. The minimum atomic E-state index is -0.0697. The fourth-order valence-electron chi connectivity index (χ4n) is 3.56. The molecule has 0 aliphatic carbocycles. The van der Waals surface area contributed by atoms with Crippen LogP contribution in [0.5, 0.6) is 0 Å². The van der Waals surface area contributed by atoms with E-state index >= 15 is 0 Å². The van der Waals surface area contributed by atoms with Crippen LogP contribution in [0.1, 0.15) is 136 Å². The van der Waals surface area contributed by atoms with Gasteiger partial charge in [-0.25, -0.2) is 9.68 Å². The van der Waals surface area contributed by atoms with Gasteiger partial charge in [-0.15, -0.1) is 0 Å².